The molecule has 0 aliphatic heterocycles. The topological polar surface area (TPSA) is 61.8 Å². The van der Waals surface area contributed by atoms with Crippen molar-refractivity contribution in [2.24, 2.45) is 0 Å². The minimum Gasteiger partial charge on any atom is -0.462 e. The maximum atomic E-state index is 12.8. The molecule has 0 aromatic heterocycles. The molecule has 0 saturated carbocycles. The molecule has 0 aliphatic carbocycles. The number of unbranched alkanes of at least 4 members (excludes halogenated alkanes) is 18. The third kappa shape index (κ3) is 51.2. The molecular weight excluding hydrogens is 789 g/mol. The summed E-state index contributed by atoms with van der Waals surface area (Å²) in [5, 5.41) is 0. The van der Waals surface area contributed by atoms with Crippen LogP contribution in [0, 0.1) is 0 Å². The van der Waals surface area contributed by atoms with Crippen LogP contribution in [0.2, 0.25) is 0 Å². The van der Waals surface area contributed by atoms with Gasteiger partial charge in [0.15, 0.2) is 6.10 Å². The Hall–Kier alpha value is -3.44. The number of allylic oxidation sites excluding steroid dienone is 18. The molecule has 364 valence electrons. The van der Waals surface area contributed by atoms with Gasteiger partial charge >= 0.3 is 11.9 Å². The van der Waals surface area contributed by atoms with Gasteiger partial charge in [-0.3, -0.25) is 9.59 Å². The Balaban J connectivity index is 4.43. The number of carbonyl (C=O) groups excluding carboxylic acids is 2. The van der Waals surface area contributed by atoms with Crippen LogP contribution in [-0.2, 0) is 23.8 Å². The van der Waals surface area contributed by atoms with Crippen LogP contribution in [-0.4, -0.2) is 37.9 Å². The van der Waals surface area contributed by atoms with Gasteiger partial charge in [-0.15, -0.1) is 0 Å². The Kier molecular flexibility index (Phi) is 51.0. The highest BCUT2D eigenvalue weighted by atomic mass is 16.6. The molecule has 5 heteroatoms. The number of ether oxygens (including phenoxy) is 3. The van der Waals surface area contributed by atoms with Crippen LogP contribution in [0.4, 0.5) is 0 Å². The zero-order valence-electron chi connectivity index (χ0n) is 41.8. The molecule has 0 saturated heterocycles. The molecule has 1 atom stereocenters. The van der Waals surface area contributed by atoms with E-state index < -0.39 is 6.10 Å². The summed E-state index contributed by atoms with van der Waals surface area (Å²) in [5.74, 6) is -0.491. The smallest absolute Gasteiger partial charge is 0.306 e. The molecule has 0 aromatic carbocycles. The van der Waals surface area contributed by atoms with Gasteiger partial charge in [0.05, 0.1) is 6.61 Å². The van der Waals surface area contributed by atoms with Crippen LogP contribution in [0.3, 0.4) is 0 Å². The lowest BCUT2D eigenvalue weighted by Crippen LogP contribution is -2.30. The highest BCUT2D eigenvalue weighted by molar-refractivity contribution is 5.70. The molecule has 0 heterocycles. The Bertz CT molecular complexity index is 1280. The second-order valence-corrected chi connectivity index (χ2v) is 17.0. The van der Waals surface area contributed by atoms with Crippen molar-refractivity contribution in [1.29, 1.82) is 0 Å². The van der Waals surface area contributed by atoms with E-state index in [0.717, 1.165) is 103 Å². The third-order valence-corrected chi connectivity index (χ3v) is 10.8. The van der Waals surface area contributed by atoms with Crippen molar-refractivity contribution in [3.63, 3.8) is 0 Å². The van der Waals surface area contributed by atoms with E-state index in [2.05, 4.69) is 130 Å². The summed E-state index contributed by atoms with van der Waals surface area (Å²) in [7, 11) is 0. The van der Waals surface area contributed by atoms with Crippen molar-refractivity contribution < 1.29 is 23.8 Å². The van der Waals surface area contributed by atoms with E-state index in [1.807, 2.05) is 0 Å². The molecule has 0 spiro atoms. The minimum absolute atomic E-state index is 0.0398. The highest BCUT2D eigenvalue weighted by Gasteiger charge is 2.17. The van der Waals surface area contributed by atoms with Gasteiger partial charge in [-0.05, 0) is 122 Å². The number of rotatable bonds is 47. The number of esters is 2. The highest BCUT2D eigenvalue weighted by Crippen LogP contribution is 2.12. The zero-order valence-corrected chi connectivity index (χ0v) is 41.8. The summed E-state index contributed by atoms with van der Waals surface area (Å²) in [6, 6.07) is 0. The first kappa shape index (κ1) is 60.6. The summed E-state index contributed by atoms with van der Waals surface area (Å²) >= 11 is 0. The predicted molar refractivity (Wildman–Crippen MR) is 279 cm³/mol. The molecule has 0 N–H and O–H groups in total. The van der Waals surface area contributed by atoms with Crippen LogP contribution in [0.5, 0.6) is 0 Å². The van der Waals surface area contributed by atoms with Gasteiger partial charge in [-0.25, -0.2) is 0 Å². The van der Waals surface area contributed by atoms with E-state index in [0.29, 0.717) is 19.4 Å². The van der Waals surface area contributed by atoms with E-state index in [4.69, 9.17) is 14.2 Å². The number of hydrogen-bond acceptors (Lipinski definition) is 5. The molecule has 64 heavy (non-hydrogen) atoms. The van der Waals surface area contributed by atoms with Crippen molar-refractivity contribution in [3.8, 4) is 0 Å². The lowest BCUT2D eigenvalue weighted by atomic mass is 10.1. The lowest BCUT2D eigenvalue weighted by Gasteiger charge is -2.18. The van der Waals surface area contributed by atoms with Crippen molar-refractivity contribution in [1.82, 2.24) is 0 Å². The number of hydrogen-bond donors (Lipinski definition) is 0. The minimum atomic E-state index is -0.579. The Morgan fingerprint density at radius 1 is 0.359 bits per heavy atom. The SMILES string of the molecule is CC/C=C\C/C=C\C/C=C\C/C=C\C/C=C\CCCC(=O)OCC(COCCCCCCCC/C=C\C/C=C\CCCCC)OC(=O)CCCCCCC/C=C\C/C=C\CCCCC. The van der Waals surface area contributed by atoms with Crippen molar-refractivity contribution in [3.05, 3.63) is 109 Å². The second-order valence-electron chi connectivity index (χ2n) is 17.0. The van der Waals surface area contributed by atoms with Crippen LogP contribution in [0.15, 0.2) is 109 Å². The van der Waals surface area contributed by atoms with Gasteiger partial charge in [-0.2, -0.15) is 0 Å². The van der Waals surface area contributed by atoms with E-state index in [9.17, 15) is 9.59 Å². The fourth-order valence-electron chi connectivity index (χ4n) is 6.84. The average molecular weight is 887 g/mol. The normalized spacial score (nSPS) is 13.1. The molecule has 1 unspecified atom stereocenters. The predicted octanol–water partition coefficient (Wildman–Crippen LogP) is 18.0. The van der Waals surface area contributed by atoms with Crippen LogP contribution in [0.25, 0.3) is 0 Å². The molecule has 0 aliphatic rings. The lowest BCUT2D eigenvalue weighted by molar-refractivity contribution is -0.163. The molecule has 5 nitrogen and oxygen atoms in total. The standard InChI is InChI=1S/C59H98O5/c1-4-7-10-13-16-19-22-25-28-30-32-34-37-40-43-46-49-52-58(60)63-56-57(55-62-54-51-48-45-42-39-36-33-29-26-23-20-17-14-11-8-5-2)64-59(61)53-50-47-44-41-38-35-31-27-24-21-18-15-12-9-6-3/h7,10,16-21,25-29,31-32,34,40,43,57H,4-6,8-9,11-15,22-24,30,33,35-39,41-42,44-56H2,1-3H3/b10-7-,19-16-,20-17-,21-18-,28-25-,29-26-,31-27-,34-32-,43-40-. The summed E-state index contributed by atoms with van der Waals surface area (Å²) in [5.41, 5.74) is 0. The first-order chi connectivity index (χ1) is 31.6. The van der Waals surface area contributed by atoms with Gasteiger partial charge in [-0.1, -0.05) is 201 Å². The third-order valence-electron chi connectivity index (χ3n) is 10.8. The molecule has 0 rings (SSSR count). The summed E-state index contributed by atoms with van der Waals surface area (Å²) in [6.45, 7) is 7.56. The number of carbonyl (C=O) groups is 2. The van der Waals surface area contributed by atoms with Gasteiger partial charge in [0.2, 0.25) is 0 Å². The monoisotopic (exact) mass is 887 g/mol. The van der Waals surface area contributed by atoms with Gasteiger partial charge < -0.3 is 14.2 Å². The maximum Gasteiger partial charge on any atom is 0.306 e. The fourth-order valence-corrected chi connectivity index (χ4v) is 6.84. The summed E-state index contributed by atoms with van der Waals surface area (Å²) < 4.78 is 17.4. The van der Waals surface area contributed by atoms with E-state index in [-0.39, 0.29) is 25.2 Å². The Labute approximate surface area is 395 Å². The average Bonchev–Trinajstić information content (AvgIpc) is 3.30. The van der Waals surface area contributed by atoms with Crippen LogP contribution < -0.4 is 0 Å². The molecular formula is C59H98O5. The van der Waals surface area contributed by atoms with Crippen LogP contribution >= 0.6 is 0 Å². The maximum absolute atomic E-state index is 12.8. The summed E-state index contributed by atoms with van der Waals surface area (Å²) in [6.07, 6.45) is 73.8. The van der Waals surface area contributed by atoms with E-state index >= 15 is 0 Å². The molecule has 0 fully saturated rings. The first-order valence-electron chi connectivity index (χ1n) is 26.4. The van der Waals surface area contributed by atoms with Gasteiger partial charge in [0, 0.05) is 19.4 Å². The van der Waals surface area contributed by atoms with Crippen LogP contribution in [0.1, 0.15) is 226 Å². The van der Waals surface area contributed by atoms with Gasteiger partial charge in [0.1, 0.15) is 6.61 Å². The molecule has 0 amide bonds. The van der Waals surface area contributed by atoms with Crippen molar-refractivity contribution in [2.75, 3.05) is 19.8 Å². The van der Waals surface area contributed by atoms with E-state index in [1.165, 1.54) is 89.9 Å². The summed E-state index contributed by atoms with van der Waals surface area (Å²) in [4.78, 5) is 25.4. The van der Waals surface area contributed by atoms with Gasteiger partial charge in [0.25, 0.3) is 0 Å². The van der Waals surface area contributed by atoms with Crippen molar-refractivity contribution >= 4 is 11.9 Å². The Morgan fingerprint density at radius 2 is 0.719 bits per heavy atom. The van der Waals surface area contributed by atoms with Crippen molar-refractivity contribution in [2.45, 2.75) is 232 Å². The quantitative estimate of drug-likeness (QED) is 0.0346. The van der Waals surface area contributed by atoms with E-state index in [1.54, 1.807) is 0 Å². The molecule has 0 aromatic rings. The largest absolute Gasteiger partial charge is 0.462 e. The second kappa shape index (κ2) is 53.9. The molecule has 0 radical (unpaired) electrons. The fraction of sp³-hybridized carbons (Fsp3) is 0.661. The Morgan fingerprint density at radius 3 is 1.17 bits per heavy atom. The molecule has 0 bridgehead atoms. The zero-order chi connectivity index (χ0) is 46.3. The first-order valence-corrected chi connectivity index (χ1v) is 26.4.